The lowest BCUT2D eigenvalue weighted by molar-refractivity contribution is -0.134. The Morgan fingerprint density at radius 3 is 2.30 bits per heavy atom. The molecule has 0 aliphatic rings. The van der Waals surface area contributed by atoms with Crippen LogP contribution in [0.4, 0.5) is 0 Å². The summed E-state index contributed by atoms with van der Waals surface area (Å²) >= 11 is 0. The van der Waals surface area contributed by atoms with Crippen LogP contribution in [0.25, 0.3) is 0 Å². The van der Waals surface area contributed by atoms with Crippen LogP contribution in [0.5, 0.6) is 5.75 Å². The van der Waals surface area contributed by atoms with Crippen molar-refractivity contribution in [3.63, 3.8) is 0 Å². The van der Waals surface area contributed by atoms with Gasteiger partial charge in [-0.2, -0.15) is 0 Å². The van der Waals surface area contributed by atoms with Gasteiger partial charge in [0.1, 0.15) is 11.9 Å². The molecule has 0 saturated carbocycles. The molecule has 3 atom stereocenters. The van der Waals surface area contributed by atoms with Crippen LogP contribution >= 0.6 is 0 Å². The molecular formula is C31H40N2O6S. The summed E-state index contributed by atoms with van der Waals surface area (Å²) in [6.45, 7) is 2.99. The quantitative estimate of drug-likeness (QED) is 0.228. The SMILES string of the molecule is CCCOC(CCS(=O)(=O)c1ccccc1)C(=O)N[C@@H](Cc1ccccc1)[C@H](O)CNCc1cccc(OC)c1. The van der Waals surface area contributed by atoms with Gasteiger partial charge in [-0.1, -0.05) is 67.6 Å². The van der Waals surface area contributed by atoms with E-state index < -0.39 is 34.0 Å². The molecule has 0 saturated heterocycles. The molecular weight excluding hydrogens is 528 g/mol. The van der Waals surface area contributed by atoms with Gasteiger partial charge in [0.25, 0.3) is 0 Å². The summed E-state index contributed by atoms with van der Waals surface area (Å²) in [7, 11) is -1.97. The van der Waals surface area contributed by atoms with E-state index in [2.05, 4.69) is 10.6 Å². The van der Waals surface area contributed by atoms with Crippen molar-refractivity contribution in [2.75, 3.05) is 26.0 Å². The average molecular weight is 569 g/mol. The Kier molecular flexibility index (Phi) is 12.6. The molecule has 0 bridgehead atoms. The van der Waals surface area contributed by atoms with Crippen LogP contribution < -0.4 is 15.4 Å². The first-order valence-corrected chi connectivity index (χ1v) is 15.2. The van der Waals surface area contributed by atoms with Crippen LogP contribution in [0.1, 0.15) is 30.9 Å². The Bertz CT molecular complexity index is 1270. The molecule has 0 fully saturated rings. The van der Waals surface area contributed by atoms with Gasteiger partial charge in [0.2, 0.25) is 5.91 Å². The van der Waals surface area contributed by atoms with E-state index in [0.29, 0.717) is 26.0 Å². The highest BCUT2D eigenvalue weighted by atomic mass is 32.2. The normalized spacial score (nSPS) is 13.8. The minimum atomic E-state index is -3.58. The standard InChI is InChI=1S/C31H40N2O6S/c1-3-18-39-30(17-19-40(36,37)27-15-8-5-9-16-27)31(35)33-28(21-24-11-6-4-7-12-24)29(34)23-32-22-25-13-10-14-26(20-25)38-2/h4-16,20,28-30,32,34H,3,17-19,21-23H2,1-2H3,(H,33,35)/t28-,29+,30?/m0/s1. The van der Waals surface area contributed by atoms with Gasteiger partial charge < -0.3 is 25.2 Å². The van der Waals surface area contributed by atoms with Crippen LogP contribution in [0.2, 0.25) is 0 Å². The summed E-state index contributed by atoms with van der Waals surface area (Å²) in [5.41, 5.74) is 1.96. The summed E-state index contributed by atoms with van der Waals surface area (Å²) in [6, 6.07) is 24.8. The number of hydrogen-bond acceptors (Lipinski definition) is 7. The monoisotopic (exact) mass is 568 g/mol. The number of rotatable bonds is 17. The lowest BCUT2D eigenvalue weighted by atomic mass is 10.0. The second-order valence-electron chi connectivity index (χ2n) is 9.63. The number of hydrogen-bond donors (Lipinski definition) is 3. The number of aliphatic hydroxyl groups excluding tert-OH is 1. The third-order valence-corrected chi connectivity index (χ3v) is 8.24. The summed E-state index contributed by atoms with van der Waals surface area (Å²) in [6.07, 6.45) is -0.786. The largest absolute Gasteiger partial charge is 0.497 e. The maximum absolute atomic E-state index is 13.4. The van der Waals surface area contributed by atoms with E-state index >= 15 is 0 Å². The Hall–Kier alpha value is -3.24. The number of carbonyl (C=O) groups is 1. The highest BCUT2D eigenvalue weighted by molar-refractivity contribution is 7.91. The van der Waals surface area contributed by atoms with Crippen LogP contribution in [0.15, 0.2) is 89.8 Å². The molecule has 0 radical (unpaired) electrons. The van der Waals surface area contributed by atoms with Crippen LogP contribution in [0.3, 0.4) is 0 Å². The zero-order valence-electron chi connectivity index (χ0n) is 23.2. The third-order valence-electron chi connectivity index (χ3n) is 6.47. The second-order valence-corrected chi connectivity index (χ2v) is 11.7. The Morgan fingerprint density at radius 2 is 1.62 bits per heavy atom. The fourth-order valence-electron chi connectivity index (χ4n) is 4.27. The van der Waals surface area contributed by atoms with E-state index in [1.165, 1.54) is 0 Å². The highest BCUT2D eigenvalue weighted by Crippen LogP contribution is 2.15. The molecule has 1 amide bonds. The molecule has 0 heterocycles. The molecule has 3 rings (SSSR count). The predicted octanol–water partition coefficient (Wildman–Crippen LogP) is 3.53. The van der Waals surface area contributed by atoms with E-state index in [4.69, 9.17) is 9.47 Å². The maximum Gasteiger partial charge on any atom is 0.249 e. The number of carbonyl (C=O) groups excluding carboxylic acids is 1. The molecule has 0 aliphatic carbocycles. The van der Waals surface area contributed by atoms with Gasteiger partial charge in [0, 0.05) is 19.7 Å². The van der Waals surface area contributed by atoms with Crippen molar-refractivity contribution in [2.24, 2.45) is 0 Å². The van der Waals surface area contributed by atoms with Gasteiger partial charge in [-0.25, -0.2) is 8.42 Å². The molecule has 40 heavy (non-hydrogen) atoms. The number of benzene rings is 3. The van der Waals surface area contributed by atoms with Gasteiger partial charge in [-0.3, -0.25) is 4.79 Å². The summed E-state index contributed by atoms with van der Waals surface area (Å²) in [5.74, 6) is 0.0817. The van der Waals surface area contributed by atoms with Crippen molar-refractivity contribution in [1.82, 2.24) is 10.6 Å². The Morgan fingerprint density at radius 1 is 0.950 bits per heavy atom. The van der Waals surface area contributed by atoms with Gasteiger partial charge in [-0.15, -0.1) is 0 Å². The fraction of sp³-hybridized carbons (Fsp3) is 0.387. The van der Waals surface area contributed by atoms with Gasteiger partial charge >= 0.3 is 0 Å². The highest BCUT2D eigenvalue weighted by Gasteiger charge is 2.28. The maximum atomic E-state index is 13.4. The number of methoxy groups -OCH3 is 1. The molecule has 0 aliphatic heterocycles. The lowest BCUT2D eigenvalue weighted by Gasteiger charge is -2.27. The molecule has 3 aromatic carbocycles. The van der Waals surface area contributed by atoms with Crippen molar-refractivity contribution >= 4 is 15.7 Å². The van der Waals surface area contributed by atoms with Crippen molar-refractivity contribution < 1.29 is 27.8 Å². The van der Waals surface area contributed by atoms with Gasteiger partial charge in [0.15, 0.2) is 9.84 Å². The first kappa shape index (κ1) is 31.3. The minimum absolute atomic E-state index is 0.00526. The average Bonchev–Trinajstić information content (AvgIpc) is 2.97. The summed E-state index contributed by atoms with van der Waals surface area (Å²) in [4.78, 5) is 13.6. The van der Waals surface area contributed by atoms with E-state index in [0.717, 1.165) is 16.9 Å². The van der Waals surface area contributed by atoms with Crippen molar-refractivity contribution in [3.05, 3.63) is 96.1 Å². The molecule has 9 heteroatoms. The first-order valence-electron chi connectivity index (χ1n) is 13.6. The smallest absolute Gasteiger partial charge is 0.249 e. The van der Waals surface area contributed by atoms with Gasteiger partial charge in [-0.05, 0) is 54.7 Å². The molecule has 3 N–H and O–H groups in total. The van der Waals surface area contributed by atoms with Crippen molar-refractivity contribution in [3.8, 4) is 5.75 Å². The minimum Gasteiger partial charge on any atom is -0.497 e. The van der Waals surface area contributed by atoms with Crippen LogP contribution in [-0.2, 0) is 32.3 Å². The molecule has 8 nitrogen and oxygen atoms in total. The van der Waals surface area contributed by atoms with Crippen molar-refractivity contribution in [1.29, 1.82) is 0 Å². The predicted molar refractivity (Wildman–Crippen MR) is 156 cm³/mol. The first-order chi connectivity index (χ1) is 19.3. The van der Waals surface area contributed by atoms with E-state index in [1.54, 1.807) is 37.4 Å². The second kappa shape index (κ2) is 16.1. The Balaban J connectivity index is 1.68. The van der Waals surface area contributed by atoms with Crippen LogP contribution in [-0.4, -0.2) is 63.7 Å². The van der Waals surface area contributed by atoms with E-state index in [1.807, 2.05) is 61.5 Å². The molecule has 3 aromatic rings. The van der Waals surface area contributed by atoms with Gasteiger partial charge in [0.05, 0.1) is 29.9 Å². The molecule has 0 spiro atoms. The number of sulfone groups is 1. The fourth-order valence-corrected chi connectivity index (χ4v) is 5.61. The Labute approximate surface area is 237 Å². The summed E-state index contributed by atoms with van der Waals surface area (Å²) < 4.78 is 36.7. The zero-order valence-corrected chi connectivity index (χ0v) is 24.0. The molecule has 0 aromatic heterocycles. The number of nitrogens with one attached hydrogen (secondary N) is 2. The van der Waals surface area contributed by atoms with E-state index in [-0.39, 0.29) is 23.6 Å². The number of ether oxygens (including phenoxy) is 2. The van der Waals surface area contributed by atoms with Crippen molar-refractivity contribution in [2.45, 2.75) is 55.9 Å². The summed E-state index contributed by atoms with van der Waals surface area (Å²) in [5, 5.41) is 17.3. The number of amides is 1. The molecule has 216 valence electrons. The van der Waals surface area contributed by atoms with E-state index in [9.17, 15) is 18.3 Å². The topological polar surface area (TPSA) is 114 Å². The third kappa shape index (κ3) is 10.1. The number of aliphatic hydroxyl groups is 1. The zero-order chi connectivity index (χ0) is 28.8. The lowest BCUT2D eigenvalue weighted by Crippen LogP contribution is -2.52. The molecule has 1 unspecified atom stereocenters. The van der Waals surface area contributed by atoms with Crippen LogP contribution in [0, 0.1) is 0 Å².